The Kier molecular flexibility index (Phi) is 3.08. The molecule has 0 atom stereocenters. The van der Waals surface area contributed by atoms with E-state index in [9.17, 15) is 9.18 Å². The molecule has 0 aliphatic carbocycles. The molecule has 0 aliphatic rings. The van der Waals surface area contributed by atoms with E-state index in [0.717, 1.165) is 5.56 Å². The summed E-state index contributed by atoms with van der Waals surface area (Å²) in [5, 5.41) is 0. The number of benzene rings is 1. The third-order valence-corrected chi connectivity index (χ3v) is 3.14. The Morgan fingerprint density at radius 3 is 2.95 bits per heavy atom. The van der Waals surface area contributed by atoms with Crippen LogP contribution in [0.3, 0.4) is 0 Å². The van der Waals surface area contributed by atoms with Gasteiger partial charge in [-0.3, -0.25) is 4.57 Å². The first-order valence-corrected chi connectivity index (χ1v) is 6.11. The first kappa shape index (κ1) is 12.6. The summed E-state index contributed by atoms with van der Waals surface area (Å²) >= 11 is 0. The van der Waals surface area contributed by atoms with Crippen molar-refractivity contribution in [3.05, 3.63) is 64.0 Å². The highest BCUT2D eigenvalue weighted by atomic mass is 19.1. The van der Waals surface area contributed by atoms with Gasteiger partial charge in [0, 0.05) is 12.7 Å². The molecule has 20 heavy (non-hydrogen) atoms. The van der Waals surface area contributed by atoms with Crippen molar-refractivity contribution in [2.24, 2.45) is 5.73 Å². The molecule has 2 aromatic heterocycles. The van der Waals surface area contributed by atoms with Gasteiger partial charge in [0.25, 0.3) is 0 Å². The van der Waals surface area contributed by atoms with Gasteiger partial charge in [0.15, 0.2) is 11.2 Å². The average Bonchev–Trinajstić information content (AvgIpc) is 2.77. The van der Waals surface area contributed by atoms with Crippen molar-refractivity contribution >= 4 is 11.2 Å². The topological polar surface area (TPSA) is 74.0 Å². The summed E-state index contributed by atoms with van der Waals surface area (Å²) in [7, 11) is 0. The lowest BCUT2D eigenvalue weighted by molar-refractivity contribution is 0.517. The number of rotatable bonds is 3. The molecule has 0 saturated carbocycles. The summed E-state index contributed by atoms with van der Waals surface area (Å²) in [5.41, 5.74) is 7.92. The molecule has 0 radical (unpaired) electrons. The fourth-order valence-corrected chi connectivity index (χ4v) is 2.15. The molecule has 0 unspecified atom stereocenters. The molecule has 0 fully saturated rings. The number of nitrogens with zero attached hydrogens (tertiary/aromatic N) is 2. The lowest BCUT2D eigenvalue weighted by atomic mass is 10.1. The van der Waals surface area contributed by atoms with Crippen molar-refractivity contribution in [3.63, 3.8) is 0 Å². The molecule has 2 heterocycles. The van der Waals surface area contributed by atoms with Crippen LogP contribution in [0.2, 0.25) is 0 Å². The largest absolute Gasteiger partial charge is 0.421 e. The monoisotopic (exact) mass is 273 g/mol. The van der Waals surface area contributed by atoms with Crippen LogP contribution in [0.1, 0.15) is 11.1 Å². The van der Waals surface area contributed by atoms with E-state index in [0.29, 0.717) is 16.8 Å². The van der Waals surface area contributed by atoms with Crippen LogP contribution in [-0.2, 0) is 13.1 Å². The average molecular weight is 273 g/mol. The van der Waals surface area contributed by atoms with Crippen molar-refractivity contribution in [2.75, 3.05) is 0 Å². The summed E-state index contributed by atoms with van der Waals surface area (Å²) in [5.74, 6) is -0.845. The summed E-state index contributed by atoms with van der Waals surface area (Å²) in [6.45, 7) is 0.445. The first-order valence-electron chi connectivity index (χ1n) is 6.11. The Balaban J connectivity index is 2.10. The van der Waals surface area contributed by atoms with Gasteiger partial charge in [-0.15, -0.1) is 0 Å². The van der Waals surface area contributed by atoms with Crippen molar-refractivity contribution in [1.29, 1.82) is 0 Å². The first-order chi connectivity index (χ1) is 9.69. The molecule has 0 amide bonds. The van der Waals surface area contributed by atoms with Crippen molar-refractivity contribution in [1.82, 2.24) is 9.55 Å². The molecule has 5 nitrogen and oxygen atoms in total. The van der Waals surface area contributed by atoms with Crippen molar-refractivity contribution in [3.8, 4) is 0 Å². The van der Waals surface area contributed by atoms with Crippen LogP contribution < -0.4 is 11.5 Å². The van der Waals surface area contributed by atoms with Gasteiger partial charge < -0.3 is 10.2 Å². The maximum absolute atomic E-state index is 13.2. The number of fused-ring (bicyclic) bond motifs is 1. The molecule has 102 valence electrons. The minimum atomic E-state index is -0.494. The minimum absolute atomic E-state index is 0.199. The fraction of sp³-hybridized carbons (Fsp3) is 0.143. The van der Waals surface area contributed by atoms with E-state index in [-0.39, 0.29) is 18.9 Å². The molecule has 2 N–H and O–H groups in total. The van der Waals surface area contributed by atoms with E-state index in [1.54, 1.807) is 24.4 Å². The van der Waals surface area contributed by atoms with Gasteiger partial charge in [0.2, 0.25) is 0 Å². The fourth-order valence-electron chi connectivity index (χ4n) is 2.15. The van der Waals surface area contributed by atoms with E-state index >= 15 is 0 Å². The van der Waals surface area contributed by atoms with E-state index in [1.165, 1.54) is 16.7 Å². The number of nitrogens with two attached hydrogens (primary N) is 1. The van der Waals surface area contributed by atoms with Crippen LogP contribution in [0.15, 0.2) is 45.7 Å². The SMILES string of the molecule is NCc1cc(F)ccc1Cn1c(=O)oc2cccnc21. The Morgan fingerprint density at radius 2 is 2.15 bits per heavy atom. The zero-order valence-corrected chi connectivity index (χ0v) is 10.5. The van der Waals surface area contributed by atoms with E-state index in [1.807, 2.05) is 0 Å². The number of hydrogen-bond acceptors (Lipinski definition) is 4. The Labute approximate surface area is 113 Å². The summed E-state index contributed by atoms with van der Waals surface area (Å²) < 4.78 is 19.7. The van der Waals surface area contributed by atoms with Crippen molar-refractivity contribution in [2.45, 2.75) is 13.1 Å². The van der Waals surface area contributed by atoms with Crippen LogP contribution in [0.4, 0.5) is 4.39 Å². The molecule has 0 bridgehead atoms. The summed E-state index contributed by atoms with van der Waals surface area (Å²) in [4.78, 5) is 16.0. The van der Waals surface area contributed by atoms with Gasteiger partial charge in [-0.25, -0.2) is 14.2 Å². The molecule has 1 aromatic carbocycles. The smallest absolute Gasteiger partial charge is 0.406 e. The standard InChI is InChI=1S/C14H12FN3O2/c15-11-4-3-9(10(6-11)7-16)8-18-13-12(20-14(18)19)2-1-5-17-13/h1-6H,7-8,16H2. The molecular weight excluding hydrogens is 261 g/mol. The van der Waals surface area contributed by atoms with E-state index < -0.39 is 5.76 Å². The molecule has 0 aliphatic heterocycles. The highest BCUT2D eigenvalue weighted by molar-refractivity contribution is 5.67. The van der Waals surface area contributed by atoms with Gasteiger partial charge >= 0.3 is 5.76 Å². The lowest BCUT2D eigenvalue weighted by Gasteiger charge is -2.08. The Bertz CT molecular complexity index is 823. The molecule has 0 spiro atoms. The van der Waals surface area contributed by atoms with Crippen LogP contribution >= 0.6 is 0 Å². The molecule has 3 rings (SSSR count). The molecule has 3 aromatic rings. The quantitative estimate of drug-likeness (QED) is 0.787. The zero-order valence-electron chi connectivity index (χ0n) is 10.5. The lowest BCUT2D eigenvalue weighted by Crippen LogP contribution is -2.17. The van der Waals surface area contributed by atoms with Gasteiger partial charge in [0.05, 0.1) is 6.54 Å². The zero-order chi connectivity index (χ0) is 14.1. The maximum Gasteiger partial charge on any atom is 0.421 e. The molecule has 6 heteroatoms. The number of hydrogen-bond donors (Lipinski definition) is 1. The third-order valence-electron chi connectivity index (χ3n) is 3.14. The minimum Gasteiger partial charge on any atom is -0.406 e. The van der Waals surface area contributed by atoms with Crippen LogP contribution in [0, 0.1) is 5.82 Å². The van der Waals surface area contributed by atoms with Crippen molar-refractivity contribution < 1.29 is 8.81 Å². The predicted octanol–water partition coefficient (Wildman–Crippen LogP) is 1.64. The highest BCUT2D eigenvalue weighted by Crippen LogP contribution is 2.15. The van der Waals surface area contributed by atoms with E-state index in [2.05, 4.69) is 4.98 Å². The third kappa shape index (κ3) is 2.10. The Morgan fingerprint density at radius 1 is 1.30 bits per heavy atom. The van der Waals surface area contributed by atoms with E-state index in [4.69, 9.17) is 10.2 Å². The normalized spacial score (nSPS) is 11.1. The second kappa shape index (κ2) is 4.90. The molecular formula is C14H12FN3O2. The second-order valence-corrected chi connectivity index (χ2v) is 4.40. The second-order valence-electron chi connectivity index (χ2n) is 4.40. The summed E-state index contributed by atoms with van der Waals surface area (Å²) in [6, 6.07) is 7.70. The van der Waals surface area contributed by atoms with Crippen LogP contribution in [0.5, 0.6) is 0 Å². The molecule has 0 saturated heterocycles. The number of aromatic nitrogens is 2. The maximum atomic E-state index is 13.2. The van der Waals surface area contributed by atoms with Gasteiger partial charge in [0.1, 0.15) is 5.82 Å². The van der Waals surface area contributed by atoms with Gasteiger partial charge in [-0.05, 0) is 35.4 Å². The number of oxazole rings is 1. The van der Waals surface area contributed by atoms with Crippen LogP contribution in [0.25, 0.3) is 11.2 Å². The predicted molar refractivity (Wildman–Crippen MR) is 71.7 cm³/mol. The van der Waals surface area contributed by atoms with Gasteiger partial charge in [-0.2, -0.15) is 0 Å². The number of pyridine rings is 1. The van der Waals surface area contributed by atoms with Gasteiger partial charge in [-0.1, -0.05) is 6.07 Å². The Hall–Kier alpha value is -2.47. The van der Waals surface area contributed by atoms with Crippen LogP contribution in [-0.4, -0.2) is 9.55 Å². The summed E-state index contributed by atoms with van der Waals surface area (Å²) in [6.07, 6.45) is 1.59. The number of halogens is 1. The highest BCUT2D eigenvalue weighted by Gasteiger charge is 2.12.